The quantitative estimate of drug-likeness (QED) is 0.833. The van der Waals surface area contributed by atoms with Crippen molar-refractivity contribution in [3.63, 3.8) is 0 Å². The second-order valence-corrected chi connectivity index (χ2v) is 4.49. The first-order chi connectivity index (χ1) is 7.38. The summed E-state index contributed by atoms with van der Waals surface area (Å²) in [4.78, 5) is 0. The van der Waals surface area contributed by atoms with E-state index in [9.17, 15) is 13.2 Å². The molecule has 0 bridgehead atoms. The van der Waals surface area contributed by atoms with Crippen molar-refractivity contribution in [3.8, 4) is 0 Å². The molecule has 0 radical (unpaired) electrons. The van der Waals surface area contributed by atoms with Crippen molar-refractivity contribution < 1.29 is 13.2 Å². The second kappa shape index (κ2) is 5.68. The Morgan fingerprint density at radius 1 is 1.31 bits per heavy atom. The van der Waals surface area contributed by atoms with E-state index in [4.69, 9.17) is 0 Å². The summed E-state index contributed by atoms with van der Waals surface area (Å²) in [6.07, 6.45) is -4.88. The Morgan fingerprint density at radius 2 is 2.00 bits per heavy atom. The molecular weight excluding hydrogens is 283 g/mol. The van der Waals surface area contributed by atoms with E-state index >= 15 is 0 Å². The number of hydrogen-bond acceptors (Lipinski definition) is 1. The van der Waals surface area contributed by atoms with Gasteiger partial charge in [-0.15, -0.1) is 0 Å². The maximum absolute atomic E-state index is 11.9. The van der Waals surface area contributed by atoms with E-state index < -0.39 is 12.6 Å². The zero-order valence-corrected chi connectivity index (χ0v) is 10.5. The van der Waals surface area contributed by atoms with Crippen LogP contribution in [-0.4, -0.2) is 12.7 Å². The van der Waals surface area contributed by atoms with Crippen LogP contribution >= 0.6 is 15.9 Å². The minimum atomic E-state index is -4.09. The highest BCUT2D eigenvalue weighted by Crippen LogP contribution is 2.20. The van der Waals surface area contributed by atoms with Crippen LogP contribution in [0.5, 0.6) is 0 Å². The number of nitrogens with one attached hydrogen (secondary N) is 1. The van der Waals surface area contributed by atoms with Crippen LogP contribution in [0.15, 0.2) is 22.7 Å². The largest absolute Gasteiger partial charge is 0.390 e. The fraction of sp³-hybridized carbons (Fsp3) is 0.455. The van der Waals surface area contributed by atoms with Crippen LogP contribution in [0.1, 0.15) is 17.5 Å². The molecule has 1 aromatic rings. The number of hydrogen-bond donors (Lipinski definition) is 1. The van der Waals surface area contributed by atoms with Crippen LogP contribution in [0.3, 0.4) is 0 Å². The van der Waals surface area contributed by atoms with E-state index in [0.29, 0.717) is 6.54 Å². The van der Waals surface area contributed by atoms with E-state index in [1.54, 1.807) is 0 Å². The lowest BCUT2D eigenvalue weighted by molar-refractivity contribution is -0.133. The molecular formula is C11H13BrF3N. The molecule has 0 aliphatic carbocycles. The lowest BCUT2D eigenvalue weighted by Crippen LogP contribution is -2.21. The van der Waals surface area contributed by atoms with Gasteiger partial charge >= 0.3 is 6.18 Å². The molecule has 0 aliphatic rings. The lowest BCUT2D eigenvalue weighted by Gasteiger charge is -2.09. The molecule has 0 spiro atoms. The summed E-state index contributed by atoms with van der Waals surface area (Å²) in [7, 11) is 0. The number of rotatable bonds is 4. The summed E-state index contributed by atoms with van der Waals surface area (Å²) in [6, 6.07) is 5.78. The van der Waals surface area contributed by atoms with Crippen LogP contribution in [0.2, 0.25) is 0 Å². The van der Waals surface area contributed by atoms with Crippen molar-refractivity contribution in [1.82, 2.24) is 5.32 Å². The Morgan fingerprint density at radius 3 is 2.56 bits per heavy atom. The summed E-state index contributed by atoms with van der Waals surface area (Å²) in [5, 5.41) is 2.77. The predicted octanol–water partition coefficient (Wildman–Crippen LogP) is 3.80. The first kappa shape index (κ1) is 13.5. The summed E-state index contributed by atoms with van der Waals surface area (Å²) < 4.78 is 36.5. The maximum Gasteiger partial charge on any atom is 0.390 e. The topological polar surface area (TPSA) is 12.0 Å². The van der Waals surface area contributed by atoms with Gasteiger partial charge in [-0.25, -0.2) is 0 Å². The molecule has 1 rings (SSSR count). The van der Waals surface area contributed by atoms with Gasteiger partial charge in [0.2, 0.25) is 0 Å². The third-order valence-corrected chi connectivity index (χ3v) is 2.85. The highest BCUT2D eigenvalue weighted by atomic mass is 79.9. The molecule has 16 heavy (non-hydrogen) atoms. The zero-order chi connectivity index (χ0) is 12.2. The Bertz CT molecular complexity index is 350. The van der Waals surface area contributed by atoms with Gasteiger partial charge < -0.3 is 5.32 Å². The van der Waals surface area contributed by atoms with Gasteiger partial charge in [-0.3, -0.25) is 0 Å². The summed E-state index contributed by atoms with van der Waals surface area (Å²) >= 11 is 3.38. The van der Waals surface area contributed by atoms with E-state index in [0.717, 1.165) is 15.6 Å². The first-order valence-corrected chi connectivity index (χ1v) is 5.70. The number of alkyl halides is 3. The smallest absolute Gasteiger partial charge is 0.312 e. The Hall–Kier alpha value is -0.550. The fourth-order valence-electron chi connectivity index (χ4n) is 1.25. The molecule has 0 saturated heterocycles. The number of halogens is 4. The van der Waals surface area contributed by atoms with Gasteiger partial charge in [-0.1, -0.05) is 28.1 Å². The molecule has 5 heteroatoms. The number of aryl methyl sites for hydroxylation is 1. The van der Waals surface area contributed by atoms with E-state index in [-0.39, 0.29) is 6.54 Å². The molecule has 1 aromatic carbocycles. The molecule has 0 fully saturated rings. The SMILES string of the molecule is Cc1ccc(CNCCC(F)(F)F)c(Br)c1. The predicted molar refractivity (Wildman–Crippen MR) is 61.3 cm³/mol. The Kier molecular flexibility index (Phi) is 4.80. The zero-order valence-electron chi connectivity index (χ0n) is 8.87. The van der Waals surface area contributed by atoms with Crippen molar-refractivity contribution in [3.05, 3.63) is 33.8 Å². The standard InChI is InChI=1S/C11H13BrF3N/c1-8-2-3-9(10(12)6-8)7-16-5-4-11(13,14)15/h2-3,6,16H,4-5,7H2,1H3. The van der Waals surface area contributed by atoms with Gasteiger partial charge in [0.25, 0.3) is 0 Å². The van der Waals surface area contributed by atoms with Crippen LogP contribution in [0.4, 0.5) is 13.2 Å². The number of benzene rings is 1. The van der Waals surface area contributed by atoms with Crippen molar-refractivity contribution in [2.75, 3.05) is 6.54 Å². The molecule has 0 aromatic heterocycles. The fourth-order valence-corrected chi connectivity index (χ4v) is 1.88. The van der Waals surface area contributed by atoms with E-state index in [1.807, 2.05) is 25.1 Å². The Labute approximate surface area is 101 Å². The molecule has 0 unspecified atom stereocenters. The highest BCUT2D eigenvalue weighted by Gasteiger charge is 2.25. The van der Waals surface area contributed by atoms with Crippen LogP contribution in [0, 0.1) is 6.92 Å². The molecule has 1 nitrogen and oxygen atoms in total. The summed E-state index contributed by atoms with van der Waals surface area (Å²) in [5.41, 5.74) is 2.08. The van der Waals surface area contributed by atoms with Crippen LogP contribution in [-0.2, 0) is 6.54 Å². The van der Waals surface area contributed by atoms with Gasteiger partial charge in [0.05, 0.1) is 6.42 Å². The minimum Gasteiger partial charge on any atom is -0.312 e. The third kappa shape index (κ3) is 4.99. The van der Waals surface area contributed by atoms with Crippen molar-refractivity contribution >= 4 is 15.9 Å². The lowest BCUT2D eigenvalue weighted by atomic mass is 10.1. The monoisotopic (exact) mass is 295 g/mol. The minimum absolute atomic E-state index is 0.0518. The van der Waals surface area contributed by atoms with Crippen molar-refractivity contribution in [1.29, 1.82) is 0 Å². The average molecular weight is 296 g/mol. The van der Waals surface area contributed by atoms with Crippen molar-refractivity contribution in [2.45, 2.75) is 26.1 Å². The van der Waals surface area contributed by atoms with Crippen molar-refractivity contribution in [2.24, 2.45) is 0 Å². The third-order valence-electron chi connectivity index (χ3n) is 2.11. The van der Waals surface area contributed by atoms with Crippen LogP contribution in [0.25, 0.3) is 0 Å². The molecule has 0 atom stereocenters. The molecule has 0 amide bonds. The molecule has 0 heterocycles. The molecule has 0 saturated carbocycles. The second-order valence-electron chi connectivity index (χ2n) is 3.64. The van der Waals surface area contributed by atoms with Crippen LogP contribution < -0.4 is 5.32 Å². The molecule has 90 valence electrons. The first-order valence-electron chi connectivity index (χ1n) is 4.91. The normalized spacial score (nSPS) is 11.8. The van der Waals surface area contributed by atoms with Gasteiger partial charge in [0.1, 0.15) is 0 Å². The van der Waals surface area contributed by atoms with Gasteiger partial charge in [0, 0.05) is 17.6 Å². The molecule has 0 aliphatic heterocycles. The van der Waals surface area contributed by atoms with E-state index in [2.05, 4.69) is 21.2 Å². The average Bonchev–Trinajstić information content (AvgIpc) is 2.13. The Balaban J connectivity index is 2.38. The van der Waals surface area contributed by atoms with Gasteiger partial charge in [0.15, 0.2) is 0 Å². The maximum atomic E-state index is 11.9. The highest BCUT2D eigenvalue weighted by molar-refractivity contribution is 9.10. The summed E-state index contributed by atoms with van der Waals surface area (Å²) in [6.45, 7) is 2.35. The molecule has 1 N–H and O–H groups in total. The summed E-state index contributed by atoms with van der Waals surface area (Å²) in [5.74, 6) is 0. The van der Waals surface area contributed by atoms with Gasteiger partial charge in [-0.2, -0.15) is 13.2 Å². The van der Waals surface area contributed by atoms with Gasteiger partial charge in [-0.05, 0) is 24.1 Å². The van der Waals surface area contributed by atoms with E-state index in [1.165, 1.54) is 0 Å².